The van der Waals surface area contributed by atoms with Crippen LogP contribution in [0.5, 0.6) is 0 Å². The maximum absolute atomic E-state index is 11.6. The molecule has 0 saturated carbocycles. The second-order valence-electron chi connectivity index (χ2n) is 3.48. The molecule has 0 aromatic carbocycles. The van der Waals surface area contributed by atoms with Crippen molar-refractivity contribution in [3.63, 3.8) is 0 Å². The van der Waals surface area contributed by atoms with Crippen molar-refractivity contribution in [2.75, 3.05) is 0 Å². The van der Waals surface area contributed by atoms with Crippen molar-refractivity contribution in [2.24, 2.45) is 0 Å². The molecule has 3 nitrogen and oxygen atoms in total. The highest BCUT2D eigenvalue weighted by molar-refractivity contribution is 5.93. The van der Waals surface area contributed by atoms with Gasteiger partial charge in [0.25, 0.3) is 0 Å². The van der Waals surface area contributed by atoms with Crippen molar-refractivity contribution >= 4 is 5.78 Å². The molecule has 3 heteroatoms. The minimum atomic E-state index is 0.0349. The molecule has 0 amide bonds. The van der Waals surface area contributed by atoms with Crippen molar-refractivity contribution in [1.29, 1.82) is 5.26 Å². The van der Waals surface area contributed by atoms with Crippen LogP contribution in [0.4, 0.5) is 0 Å². The Morgan fingerprint density at radius 2 is 2.27 bits per heavy atom. The summed E-state index contributed by atoms with van der Waals surface area (Å²) in [5.74, 6) is 0.986. The lowest BCUT2D eigenvalue weighted by Gasteiger charge is -1.96. The van der Waals surface area contributed by atoms with Gasteiger partial charge in [-0.1, -0.05) is 19.8 Å². The number of carbonyl (C=O) groups excluding carboxylic acids is 1. The average molecular weight is 205 g/mol. The fourth-order valence-corrected chi connectivity index (χ4v) is 1.36. The number of unbranched alkanes of at least 4 members (excludes halogenated alkanes) is 2. The molecule has 0 unspecified atom stereocenters. The summed E-state index contributed by atoms with van der Waals surface area (Å²) in [5.41, 5.74) is 0. The van der Waals surface area contributed by atoms with E-state index in [0.29, 0.717) is 17.9 Å². The minimum Gasteiger partial charge on any atom is -0.457 e. The van der Waals surface area contributed by atoms with Gasteiger partial charge in [0, 0.05) is 6.42 Å². The lowest BCUT2D eigenvalue weighted by molar-refractivity contribution is 0.0951. The molecular weight excluding hydrogens is 190 g/mol. The molecule has 1 aromatic heterocycles. The number of hydrogen-bond acceptors (Lipinski definition) is 3. The van der Waals surface area contributed by atoms with E-state index < -0.39 is 0 Å². The summed E-state index contributed by atoms with van der Waals surface area (Å²) in [6.07, 6.45) is 3.84. The SMILES string of the molecule is CCCCCC(=O)c1ccc(CC#N)o1. The van der Waals surface area contributed by atoms with Gasteiger partial charge >= 0.3 is 0 Å². The summed E-state index contributed by atoms with van der Waals surface area (Å²) < 4.78 is 5.24. The molecule has 0 N–H and O–H groups in total. The molecule has 0 bridgehead atoms. The van der Waals surface area contributed by atoms with Crippen LogP contribution in [-0.4, -0.2) is 5.78 Å². The molecular formula is C12H15NO2. The predicted molar refractivity (Wildman–Crippen MR) is 56.5 cm³/mol. The summed E-state index contributed by atoms with van der Waals surface area (Å²) in [7, 11) is 0. The Kier molecular flexibility index (Phi) is 4.62. The highest BCUT2D eigenvalue weighted by Gasteiger charge is 2.10. The van der Waals surface area contributed by atoms with E-state index in [1.807, 2.05) is 6.07 Å². The van der Waals surface area contributed by atoms with Gasteiger partial charge in [0.1, 0.15) is 5.76 Å². The van der Waals surface area contributed by atoms with Crippen LogP contribution in [0.3, 0.4) is 0 Å². The third-order valence-corrected chi connectivity index (χ3v) is 2.20. The van der Waals surface area contributed by atoms with E-state index >= 15 is 0 Å². The van der Waals surface area contributed by atoms with Crippen molar-refractivity contribution in [3.05, 3.63) is 23.7 Å². The standard InChI is InChI=1S/C12H15NO2/c1-2-3-4-5-11(14)12-7-6-10(15-12)8-9-13/h6-7H,2-5,8H2,1H3. The van der Waals surface area contributed by atoms with E-state index in [4.69, 9.17) is 9.68 Å². The first-order chi connectivity index (χ1) is 7.27. The summed E-state index contributed by atoms with van der Waals surface area (Å²) in [6.45, 7) is 2.10. The zero-order chi connectivity index (χ0) is 11.1. The van der Waals surface area contributed by atoms with Gasteiger partial charge in [0.2, 0.25) is 0 Å². The fourth-order valence-electron chi connectivity index (χ4n) is 1.36. The van der Waals surface area contributed by atoms with Gasteiger partial charge in [-0.15, -0.1) is 0 Å². The maximum Gasteiger partial charge on any atom is 0.197 e. The number of nitriles is 1. The molecule has 0 aliphatic heterocycles. The Hall–Kier alpha value is -1.56. The van der Waals surface area contributed by atoms with Gasteiger partial charge in [-0.2, -0.15) is 5.26 Å². The minimum absolute atomic E-state index is 0.0349. The summed E-state index contributed by atoms with van der Waals surface area (Å²) >= 11 is 0. The molecule has 0 fully saturated rings. The van der Waals surface area contributed by atoms with Crippen molar-refractivity contribution < 1.29 is 9.21 Å². The molecule has 0 aliphatic carbocycles. The highest BCUT2D eigenvalue weighted by Crippen LogP contribution is 2.12. The zero-order valence-electron chi connectivity index (χ0n) is 8.95. The molecule has 15 heavy (non-hydrogen) atoms. The Balaban J connectivity index is 2.47. The van der Waals surface area contributed by atoms with Gasteiger partial charge in [0.05, 0.1) is 12.5 Å². The van der Waals surface area contributed by atoms with Crippen LogP contribution in [0.2, 0.25) is 0 Å². The third kappa shape index (κ3) is 3.59. The van der Waals surface area contributed by atoms with Crippen LogP contribution in [0.15, 0.2) is 16.5 Å². The van der Waals surface area contributed by atoms with Crippen LogP contribution < -0.4 is 0 Å². The molecule has 0 aliphatic rings. The van der Waals surface area contributed by atoms with E-state index in [1.54, 1.807) is 12.1 Å². The van der Waals surface area contributed by atoms with Crippen molar-refractivity contribution in [1.82, 2.24) is 0 Å². The monoisotopic (exact) mass is 205 g/mol. The smallest absolute Gasteiger partial charge is 0.197 e. The number of hydrogen-bond donors (Lipinski definition) is 0. The fraction of sp³-hybridized carbons (Fsp3) is 0.500. The van der Waals surface area contributed by atoms with Crippen LogP contribution in [0.1, 0.15) is 48.9 Å². The lowest BCUT2D eigenvalue weighted by atomic mass is 10.1. The van der Waals surface area contributed by atoms with E-state index in [2.05, 4.69) is 6.92 Å². The summed E-state index contributed by atoms with van der Waals surface area (Å²) in [5, 5.41) is 8.45. The average Bonchev–Trinajstić information content (AvgIpc) is 2.67. The van der Waals surface area contributed by atoms with Crippen LogP contribution in [-0.2, 0) is 6.42 Å². The number of ketones is 1. The second-order valence-corrected chi connectivity index (χ2v) is 3.48. The number of furan rings is 1. The van der Waals surface area contributed by atoms with Crippen molar-refractivity contribution in [2.45, 2.75) is 39.0 Å². The Morgan fingerprint density at radius 3 is 2.93 bits per heavy atom. The topological polar surface area (TPSA) is 54.0 Å². The van der Waals surface area contributed by atoms with Crippen LogP contribution in [0.25, 0.3) is 0 Å². The van der Waals surface area contributed by atoms with Gasteiger partial charge in [-0.25, -0.2) is 0 Å². The first kappa shape index (κ1) is 11.5. The normalized spacial score (nSPS) is 9.87. The molecule has 80 valence electrons. The summed E-state index contributed by atoms with van der Waals surface area (Å²) in [6, 6.07) is 5.33. The number of nitrogens with zero attached hydrogens (tertiary/aromatic N) is 1. The van der Waals surface area contributed by atoms with Gasteiger partial charge in [-0.05, 0) is 18.6 Å². The van der Waals surface area contributed by atoms with E-state index in [1.165, 1.54) is 0 Å². The number of Topliss-reactive ketones (excluding diaryl/α,β-unsaturated/α-hetero) is 1. The molecule has 1 heterocycles. The molecule has 1 aromatic rings. The molecule has 0 radical (unpaired) electrons. The third-order valence-electron chi connectivity index (χ3n) is 2.20. The quantitative estimate of drug-likeness (QED) is 0.529. The zero-order valence-corrected chi connectivity index (χ0v) is 8.95. The largest absolute Gasteiger partial charge is 0.457 e. The second kappa shape index (κ2) is 6.02. The van der Waals surface area contributed by atoms with Crippen molar-refractivity contribution in [3.8, 4) is 6.07 Å². The Bertz CT molecular complexity index is 360. The molecule has 0 atom stereocenters. The van der Waals surface area contributed by atoms with Crippen LogP contribution in [0, 0.1) is 11.3 Å². The van der Waals surface area contributed by atoms with Gasteiger partial charge < -0.3 is 4.42 Å². The van der Waals surface area contributed by atoms with E-state index in [-0.39, 0.29) is 12.2 Å². The summed E-state index contributed by atoms with van der Waals surface area (Å²) in [4.78, 5) is 11.6. The first-order valence-corrected chi connectivity index (χ1v) is 5.26. The lowest BCUT2D eigenvalue weighted by Crippen LogP contribution is -1.96. The van der Waals surface area contributed by atoms with Gasteiger partial charge in [-0.3, -0.25) is 4.79 Å². The van der Waals surface area contributed by atoms with Gasteiger partial charge in [0.15, 0.2) is 11.5 Å². The Labute approximate surface area is 89.7 Å². The van der Waals surface area contributed by atoms with Crippen LogP contribution >= 0.6 is 0 Å². The number of carbonyl (C=O) groups is 1. The first-order valence-electron chi connectivity index (χ1n) is 5.26. The van der Waals surface area contributed by atoms with E-state index in [0.717, 1.165) is 19.3 Å². The highest BCUT2D eigenvalue weighted by atomic mass is 16.3. The molecule has 0 saturated heterocycles. The predicted octanol–water partition coefficient (Wildman–Crippen LogP) is 3.11. The maximum atomic E-state index is 11.6. The molecule has 0 spiro atoms. The molecule has 1 rings (SSSR count). The number of rotatable bonds is 6. The van der Waals surface area contributed by atoms with E-state index in [9.17, 15) is 4.79 Å². The Morgan fingerprint density at radius 1 is 1.47 bits per heavy atom.